The monoisotopic (exact) mass is 474 g/mol. The van der Waals surface area contributed by atoms with Crippen LogP contribution in [-0.2, 0) is 24.4 Å². The summed E-state index contributed by atoms with van der Waals surface area (Å²) in [5.74, 6) is 0.359. The van der Waals surface area contributed by atoms with Gasteiger partial charge in [-0.15, -0.1) is 0 Å². The molecule has 4 aromatic rings. The van der Waals surface area contributed by atoms with Crippen LogP contribution in [0.2, 0.25) is 5.02 Å². The van der Waals surface area contributed by atoms with E-state index in [0.29, 0.717) is 23.0 Å². The molecule has 7 heteroatoms. The highest BCUT2D eigenvalue weighted by molar-refractivity contribution is 6.30. The minimum atomic E-state index is -0.250. The molecule has 3 aromatic carbocycles. The molecule has 0 saturated carbocycles. The molecule has 1 aromatic heterocycles. The maximum Gasteiger partial charge on any atom is 0.251 e. The number of hydrogen-bond donors (Lipinski definition) is 1. The summed E-state index contributed by atoms with van der Waals surface area (Å²) < 4.78 is 1.89. The molecule has 0 aliphatic rings. The van der Waals surface area contributed by atoms with Gasteiger partial charge in [0.05, 0.1) is 17.6 Å². The van der Waals surface area contributed by atoms with Crippen molar-refractivity contribution in [1.82, 2.24) is 19.8 Å². The Morgan fingerprint density at radius 2 is 1.74 bits per heavy atom. The van der Waals surface area contributed by atoms with Crippen LogP contribution in [0.4, 0.5) is 0 Å². The largest absolute Gasteiger partial charge is 0.345 e. The smallest absolute Gasteiger partial charge is 0.251 e. The number of carbonyl (C=O) groups is 2. The average molecular weight is 475 g/mol. The first-order valence-electron chi connectivity index (χ1n) is 11.2. The van der Waals surface area contributed by atoms with E-state index in [1.54, 1.807) is 24.3 Å². The molecule has 0 saturated heterocycles. The number of nitrogens with zero attached hydrogens (tertiary/aromatic N) is 3. The van der Waals surface area contributed by atoms with E-state index in [4.69, 9.17) is 11.6 Å². The maximum absolute atomic E-state index is 13.4. The molecule has 0 aliphatic heterocycles. The Hall–Kier alpha value is -3.64. The van der Waals surface area contributed by atoms with Gasteiger partial charge in [0.25, 0.3) is 5.91 Å². The Bertz CT molecular complexity index is 1300. The molecule has 0 unspecified atom stereocenters. The SMILES string of the molecule is CC(C)N(Cc1ccccc1)C(=O)Cn1c(CNC(=O)c2cccc(Cl)c2)nc2ccccc21. The number of carbonyl (C=O) groups excluding carboxylic acids is 2. The van der Waals surface area contributed by atoms with Crippen molar-refractivity contribution >= 4 is 34.4 Å². The number of rotatable bonds is 8. The molecule has 0 spiro atoms. The average Bonchev–Trinajstić information content (AvgIpc) is 3.18. The number of fused-ring (bicyclic) bond motifs is 1. The lowest BCUT2D eigenvalue weighted by atomic mass is 10.2. The molecular weight excluding hydrogens is 448 g/mol. The number of halogens is 1. The van der Waals surface area contributed by atoms with E-state index >= 15 is 0 Å². The van der Waals surface area contributed by atoms with Crippen LogP contribution >= 0.6 is 11.6 Å². The first-order valence-corrected chi connectivity index (χ1v) is 11.6. The van der Waals surface area contributed by atoms with Crippen molar-refractivity contribution in [2.75, 3.05) is 0 Å². The Balaban J connectivity index is 1.56. The summed E-state index contributed by atoms with van der Waals surface area (Å²) in [4.78, 5) is 32.6. The molecule has 34 heavy (non-hydrogen) atoms. The minimum Gasteiger partial charge on any atom is -0.345 e. The van der Waals surface area contributed by atoms with Crippen LogP contribution in [-0.4, -0.2) is 32.3 Å². The number of hydrogen-bond acceptors (Lipinski definition) is 3. The second kappa shape index (κ2) is 10.5. The first-order chi connectivity index (χ1) is 16.4. The summed E-state index contributed by atoms with van der Waals surface area (Å²) in [6.07, 6.45) is 0. The van der Waals surface area contributed by atoms with Crippen LogP contribution in [0, 0.1) is 0 Å². The molecule has 0 bridgehead atoms. The third-order valence-electron chi connectivity index (χ3n) is 5.66. The van der Waals surface area contributed by atoms with Gasteiger partial charge in [0.15, 0.2) is 0 Å². The molecule has 6 nitrogen and oxygen atoms in total. The third kappa shape index (κ3) is 5.46. The summed E-state index contributed by atoms with van der Waals surface area (Å²) in [7, 11) is 0. The van der Waals surface area contributed by atoms with E-state index < -0.39 is 0 Å². The van der Waals surface area contributed by atoms with Crippen LogP contribution in [0.1, 0.15) is 35.6 Å². The van der Waals surface area contributed by atoms with Crippen LogP contribution < -0.4 is 5.32 Å². The zero-order chi connectivity index (χ0) is 24.1. The number of benzene rings is 3. The Labute approximate surface area is 204 Å². The van der Waals surface area contributed by atoms with Gasteiger partial charge in [-0.2, -0.15) is 0 Å². The number of amides is 2. The van der Waals surface area contributed by atoms with Crippen molar-refractivity contribution in [2.45, 2.75) is 39.5 Å². The normalized spacial score (nSPS) is 11.1. The van der Waals surface area contributed by atoms with Crippen molar-refractivity contribution in [3.05, 3.63) is 101 Å². The van der Waals surface area contributed by atoms with Crippen molar-refractivity contribution < 1.29 is 9.59 Å². The van der Waals surface area contributed by atoms with Crippen molar-refractivity contribution in [2.24, 2.45) is 0 Å². The van der Waals surface area contributed by atoms with E-state index in [0.717, 1.165) is 16.6 Å². The van der Waals surface area contributed by atoms with Crippen molar-refractivity contribution in [3.63, 3.8) is 0 Å². The lowest BCUT2D eigenvalue weighted by Crippen LogP contribution is -2.39. The fraction of sp³-hybridized carbons (Fsp3) is 0.222. The number of imidazole rings is 1. The third-order valence-corrected chi connectivity index (χ3v) is 5.90. The molecular formula is C27H27ClN4O2. The van der Waals surface area contributed by atoms with E-state index in [1.807, 2.05) is 77.9 Å². The summed E-state index contributed by atoms with van der Waals surface area (Å²) >= 11 is 6.02. The van der Waals surface area contributed by atoms with Crippen LogP contribution in [0.15, 0.2) is 78.9 Å². The fourth-order valence-electron chi connectivity index (χ4n) is 3.89. The molecule has 2 amide bonds. The number of nitrogens with one attached hydrogen (secondary N) is 1. The first kappa shape index (κ1) is 23.5. The Morgan fingerprint density at radius 1 is 1.00 bits per heavy atom. The molecule has 0 atom stereocenters. The predicted molar refractivity (Wildman–Crippen MR) is 134 cm³/mol. The lowest BCUT2D eigenvalue weighted by Gasteiger charge is -2.27. The van der Waals surface area contributed by atoms with Gasteiger partial charge in [-0.1, -0.05) is 60.1 Å². The topological polar surface area (TPSA) is 67.2 Å². The van der Waals surface area contributed by atoms with Crippen molar-refractivity contribution in [1.29, 1.82) is 0 Å². The second-order valence-electron chi connectivity index (χ2n) is 8.40. The Kier molecular flexibility index (Phi) is 7.28. The summed E-state index contributed by atoms with van der Waals surface area (Å²) in [5.41, 5.74) is 3.18. The molecule has 0 fully saturated rings. The van der Waals surface area contributed by atoms with Crippen LogP contribution in [0.25, 0.3) is 11.0 Å². The van der Waals surface area contributed by atoms with Gasteiger partial charge in [-0.05, 0) is 49.7 Å². The highest BCUT2D eigenvalue weighted by atomic mass is 35.5. The van der Waals surface area contributed by atoms with Gasteiger partial charge < -0.3 is 14.8 Å². The molecule has 1 heterocycles. The quantitative estimate of drug-likeness (QED) is 0.388. The second-order valence-corrected chi connectivity index (χ2v) is 8.83. The molecule has 0 radical (unpaired) electrons. The van der Waals surface area contributed by atoms with E-state index in [-0.39, 0.29) is 30.9 Å². The van der Waals surface area contributed by atoms with Gasteiger partial charge in [0.1, 0.15) is 12.4 Å². The zero-order valence-electron chi connectivity index (χ0n) is 19.2. The Morgan fingerprint density at radius 3 is 2.47 bits per heavy atom. The predicted octanol–water partition coefficient (Wildman–Crippen LogP) is 5.06. The van der Waals surface area contributed by atoms with Gasteiger partial charge in [0, 0.05) is 23.2 Å². The molecule has 0 aliphatic carbocycles. The minimum absolute atomic E-state index is 0.00979. The lowest BCUT2D eigenvalue weighted by molar-refractivity contribution is -0.134. The summed E-state index contributed by atoms with van der Waals surface area (Å²) in [6, 6.07) is 24.4. The molecule has 4 rings (SSSR count). The molecule has 1 N–H and O–H groups in total. The van der Waals surface area contributed by atoms with Crippen molar-refractivity contribution in [3.8, 4) is 0 Å². The van der Waals surface area contributed by atoms with E-state index in [9.17, 15) is 9.59 Å². The number of para-hydroxylation sites is 2. The fourth-order valence-corrected chi connectivity index (χ4v) is 4.08. The van der Waals surface area contributed by atoms with Crippen LogP contribution in [0.3, 0.4) is 0 Å². The standard InChI is InChI=1S/C27H27ClN4O2/c1-19(2)31(17-20-9-4-3-5-10-20)26(33)18-32-24-14-7-6-13-23(24)30-25(32)16-29-27(34)21-11-8-12-22(28)15-21/h3-15,19H,16-18H2,1-2H3,(H,29,34). The van der Waals surface area contributed by atoms with Gasteiger partial charge in [-0.3, -0.25) is 9.59 Å². The molecule has 174 valence electrons. The highest BCUT2D eigenvalue weighted by Gasteiger charge is 2.21. The highest BCUT2D eigenvalue weighted by Crippen LogP contribution is 2.18. The zero-order valence-corrected chi connectivity index (χ0v) is 20.0. The number of aromatic nitrogens is 2. The maximum atomic E-state index is 13.4. The van der Waals surface area contributed by atoms with E-state index in [2.05, 4.69) is 10.3 Å². The van der Waals surface area contributed by atoms with E-state index in [1.165, 1.54) is 0 Å². The summed E-state index contributed by atoms with van der Waals surface area (Å²) in [6.45, 7) is 4.88. The van der Waals surface area contributed by atoms with Gasteiger partial charge >= 0.3 is 0 Å². The van der Waals surface area contributed by atoms with Crippen LogP contribution in [0.5, 0.6) is 0 Å². The van der Waals surface area contributed by atoms with Gasteiger partial charge in [0.2, 0.25) is 5.91 Å². The summed E-state index contributed by atoms with van der Waals surface area (Å²) in [5, 5.41) is 3.40. The van der Waals surface area contributed by atoms with Gasteiger partial charge in [-0.25, -0.2) is 4.98 Å².